The standard InChI is InChI=1S/C16H26N2/c1-12-9-13(2)16(14(3)10-12)6-8-18(4)15-5-7-17-11-15/h9-10,15,17H,5-8,11H2,1-4H3. The van der Waals surface area contributed by atoms with Crippen molar-refractivity contribution in [1.29, 1.82) is 0 Å². The second-order valence-electron chi connectivity index (χ2n) is 5.75. The van der Waals surface area contributed by atoms with Crippen LogP contribution >= 0.6 is 0 Å². The van der Waals surface area contributed by atoms with Gasteiger partial charge in [-0.2, -0.15) is 0 Å². The number of aryl methyl sites for hydroxylation is 3. The quantitative estimate of drug-likeness (QED) is 0.878. The van der Waals surface area contributed by atoms with Crippen molar-refractivity contribution in [1.82, 2.24) is 10.2 Å². The number of hydrogen-bond acceptors (Lipinski definition) is 2. The molecule has 1 heterocycles. The number of rotatable bonds is 4. The van der Waals surface area contributed by atoms with E-state index in [4.69, 9.17) is 0 Å². The van der Waals surface area contributed by atoms with Gasteiger partial charge in [-0.3, -0.25) is 0 Å². The fraction of sp³-hybridized carbons (Fsp3) is 0.625. The van der Waals surface area contributed by atoms with Crippen LogP contribution in [0.25, 0.3) is 0 Å². The summed E-state index contributed by atoms with van der Waals surface area (Å²) < 4.78 is 0. The minimum absolute atomic E-state index is 0.732. The first kappa shape index (κ1) is 13.6. The van der Waals surface area contributed by atoms with Crippen LogP contribution in [0.2, 0.25) is 0 Å². The average molecular weight is 246 g/mol. The summed E-state index contributed by atoms with van der Waals surface area (Å²) in [6, 6.07) is 5.34. The van der Waals surface area contributed by atoms with E-state index in [9.17, 15) is 0 Å². The number of hydrogen-bond donors (Lipinski definition) is 1. The summed E-state index contributed by atoms with van der Waals surface area (Å²) in [5.41, 5.74) is 5.82. The summed E-state index contributed by atoms with van der Waals surface area (Å²) in [6.07, 6.45) is 2.47. The molecule has 1 aliphatic rings. The molecule has 1 unspecified atom stereocenters. The Morgan fingerprint density at radius 1 is 1.22 bits per heavy atom. The zero-order valence-corrected chi connectivity index (χ0v) is 12.2. The highest BCUT2D eigenvalue weighted by Crippen LogP contribution is 2.18. The van der Waals surface area contributed by atoms with Gasteiger partial charge in [-0.1, -0.05) is 17.7 Å². The van der Waals surface area contributed by atoms with Crippen LogP contribution in [0.1, 0.15) is 28.7 Å². The highest BCUT2D eigenvalue weighted by Gasteiger charge is 2.18. The van der Waals surface area contributed by atoms with Crippen LogP contribution in [0, 0.1) is 20.8 Å². The number of nitrogens with one attached hydrogen (secondary N) is 1. The molecule has 2 nitrogen and oxygen atoms in total. The summed E-state index contributed by atoms with van der Waals surface area (Å²) in [5.74, 6) is 0. The van der Waals surface area contributed by atoms with E-state index in [-0.39, 0.29) is 0 Å². The van der Waals surface area contributed by atoms with E-state index in [1.54, 1.807) is 5.56 Å². The van der Waals surface area contributed by atoms with Crippen molar-refractivity contribution in [3.05, 3.63) is 34.4 Å². The third-order valence-electron chi connectivity index (χ3n) is 4.21. The monoisotopic (exact) mass is 246 g/mol. The van der Waals surface area contributed by atoms with Gasteiger partial charge in [0, 0.05) is 19.1 Å². The van der Waals surface area contributed by atoms with E-state index < -0.39 is 0 Å². The van der Waals surface area contributed by atoms with Gasteiger partial charge < -0.3 is 10.2 Å². The molecular weight excluding hydrogens is 220 g/mol. The van der Waals surface area contributed by atoms with Gasteiger partial charge in [0.05, 0.1) is 0 Å². The third kappa shape index (κ3) is 3.12. The molecule has 1 aromatic rings. The van der Waals surface area contributed by atoms with Gasteiger partial charge >= 0.3 is 0 Å². The Balaban J connectivity index is 1.97. The lowest BCUT2D eigenvalue weighted by molar-refractivity contribution is 0.260. The Bertz CT molecular complexity index is 383. The minimum Gasteiger partial charge on any atom is -0.315 e. The molecule has 2 heteroatoms. The van der Waals surface area contributed by atoms with Crippen molar-refractivity contribution in [3.8, 4) is 0 Å². The SMILES string of the molecule is Cc1cc(C)c(CCN(C)C2CCNC2)c(C)c1. The van der Waals surface area contributed by atoms with Crippen LogP contribution in [-0.2, 0) is 6.42 Å². The topological polar surface area (TPSA) is 15.3 Å². The molecule has 0 bridgehead atoms. The van der Waals surface area contributed by atoms with Crippen molar-refractivity contribution >= 4 is 0 Å². The van der Waals surface area contributed by atoms with Crippen molar-refractivity contribution in [2.75, 3.05) is 26.7 Å². The summed E-state index contributed by atoms with van der Waals surface area (Å²) in [6.45, 7) is 10.2. The molecule has 0 aliphatic carbocycles. The second kappa shape index (κ2) is 5.85. The van der Waals surface area contributed by atoms with E-state index in [1.807, 2.05) is 0 Å². The predicted molar refractivity (Wildman–Crippen MR) is 78.3 cm³/mol. The van der Waals surface area contributed by atoms with E-state index in [0.717, 1.165) is 19.1 Å². The molecule has 1 aromatic carbocycles. The first-order valence-corrected chi connectivity index (χ1v) is 7.05. The van der Waals surface area contributed by atoms with Gasteiger partial charge in [-0.05, 0) is 63.9 Å². The number of benzene rings is 1. The van der Waals surface area contributed by atoms with Crippen LogP contribution in [0.3, 0.4) is 0 Å². The molecule has 1 N–H and O–H groups in total. The number of likely N-dealkylation sites (N-methyl/N-ethyl adjacent to an activating group) is 1. The molecule has 0 aromatic heterocycles. The molecular formula is C16H26N2. The molecule has 0 amide bonds. The zero-order chi connectivity index (χ0) is 13.1. The van der Waals surface area contributed by atoms with Gasteiger partial charge in [0.15, 0.2) is 0 Å². The van der Waals surface area contributed by atoms with Crippen LogP contribution < -0.4 is 5.32 Å². The Labute approximate surface area is 111 Å². The van der Waals surface area contributed by atoms with E-state index in [0.29, 0.717) is 0 Å². The van der Waals surface area contributed by atoms with E-state index in [1.165, 1.54) is 36.1 Å². The lowest BCUT2D eigenvalue weighted by Crippen LogP contribution is -2.35. The van der Waals surface area contributed by atoms with Crippen LogP contribution in [0.15, 0.2) is 12.1 Å². The normalized spacial score (nSPS) is 19.7. The van der Waals surface area contributed by atoms with Crippen LogP contribution in [0.4, 0.5) is 0 Å². The Morgan fingerprint density at radius 3 is 2.44 bits per heavy atom. The third-order valence-corrected chi connectivity index (χ3v) is 4.21. The maximum Gasteiger partial charge on any atom is 0.0229 e. The van der Waals surface area contributed by atoms with Crippen molar-refractivity contribution < 1.29 is 0 Å². The fourth-order valence-corrected chi connectivity index (χ4v) is 3.09. The van der Waals surface area contributed by atoms with Crippen molar-refractivity contribution in [2.45, 2.75) is 39.7 Å². The van der Waals surface area contributed by atoms with Gasteiger partial charge in [-0.15, -0.1) is 0 Å². The lowest BCUT2D eigenvalue weighted by Gasteiger charge is -2.24. The predicted octanol–water partition coefficient (Wildman–Crippen LogP) is 2.45. The first-order valence-electron chi connectivity index (χ1n) is 7.05. The molecule has 1 atom stereocenters. The molecule has 0 radical (unpaired) electrons. The van der Waals surface area contributed by atoms with Gasteiger partial charge in [-0.25, -0.2) is 0 Å². The summed E-state index contributed by atoms with van der Waals surface area (Å²) >= 11 is 0. The summed E-state index contributed by atoms with van der Waals surface area (Å²) in [5, 5.41) is 3.44. The maximum atomic E-state index is 3.44. The van der Waals surface area contributed by atoms with E-state index >= 15 is 0 Å². The molecule has 1 aliphatic heterocycles. The van der Waals surface area contributed by atoms with Crippen LogP contribution in [-0.4, -0.2) is 37.6 Å². The minimum atomic E-state index is 0.732. The first-order chi connectivity index (χ1) is 8.58. The van der Waals surface area contributed by atoms with Gasteiger partial charge in [0.1, 0.15) is 0 Å². The highest BCUT2D eigenvalue weighted by molar-refractivity contribution is 5.37. The molecule has 18 heavy (non-hydrogen) atoms. The van der Waals surface area contributed by atoms with E-state index in [2.05, 4.69) is 50.2 Å². The Hall–Kier alpha value is -0.860. The van der Waals surface area contributed by atoms with Crippen molar-refractivity contribution in [3.63, 3.8) is 0 Å². The van der Waals surface area contributed by atoms with Gasteiger partial charge in [0.25, 0.3) is 0 Å². The number of nitrogens with zero attached hydrogens (tertiary/aromatic N) is 1. The molecule has 0 saturated carbocycles. The van der Waals surface area contributed by atoms with Crippen LogP contribution in [0.5, 0.6) is 0 Å². The summed E-state index contributed by atoms with van der Waals surface area (Å²) in [7, 11) is 2.26. The molecule has 0 spiro atoms. The average Bonchev–Trinajstić information content (AvgIpc) is 2.80. The lowest BCUT2D eigenvalue weighted by atomic mass is 9.97. The largest absolute Gasteiger partial charge is 0.315 e. The van der Waals surface area contributed by atoms with Gasteiger partial charge in [0.2, 0.25) is 0 Å². The molecule has 2 rings (SSSR count). The van der Waals surface area contributed by atoms with Crippen molar-refractivity contribution in [2.24, 2.45) is 0 Å². The smallest absolute Gasteiger partial charge is 0.0229 e. The fourth-order valence-electron chi connectivity index (χ4n) is 3.09. The Morgan fingerprint density at radius 2 is 1.89 bits per heavy atom. The second-order valence-corrected chi connectivity index (χ2v) is 5.75. The molecule has 100 valence electrons. The molecule has 1 fully saturated rings. The Kier molecular flexibility index (Phi) is 4.41. The maximum absolute atomic E-state index is 3.44. The highest BCUT2D eigenvalue weighted by atomic mass is 15.2. The molecule has 1 saturated heterocycles. The zero-order valence-electron chi connectivity index (χ0n) is 12.2. The summed E-state index contributed by atoms with van der Waals surface area (Å²) in [4.78, 5) is 2.51.